The number of ether oxygens (including phenoxy) is 5. The topological polar surface area (TPSA) is 178 Å². The number of carbonyl (C=O) groups excluding carboxylic acids is 1. The maximum Gasteiger partial charge on any atom is 0.414 e. The van der Waals surface area contributed by atoms with Gasteiger partial charge < -0.3 is 29.4 Å². The minimum Gasteiger partial charge on any atom is -0.446 e. The Morgan fingerprint density at radius 1 is 1.25 bits per heavy atom. The van der Waals surface area contributed by atoms with Crippen LogP contribution in [-0.4, -0.2) is 87.9 Å². The van der Waals surface area contributed by atoms with Crippen molar-refractivity contribution in [2.75, 3.05) is 49.0 Å². The smallest absolute Gasteiger partial charge is 0.414 e. The second-order valence-corrected chi connectivity index (χ2v) is 8.99. The number of nitrogen functional groups attached to an aromatic ring is 1. The Hall–Kier alpha value is -3.60. The molecule has 0 unspecified atom stereocenters. The van der Waals surface area contributed by atoms with Crippen molar-refractivity contribution < 1.29 is 37.8 Å². The Labute approximate surface area is 204 Å². The molecule has 3 N–H and O–H groups in total. The van der Waals surface area contributed by atoms with E-state index in [1.54, 1.807) is 17.1 Å². The largest absolute Gasteiger partial charge is 0.446 e. The first-order valence-corrected chi connectivity index (χ1v) is 11.5. The summed E-state index contributed by atoms with van der Waals surface area (Å²) in [5.74, 6) is -0.454. The predicted octanol–water partition coefficient (Wildman–Crippen LogP) is -0.682. The number of anilines is 2. The van der Waals surface area contributed by atoms with E-state index in [1.807, 2.05) is 18.9 Å². The number of hydrogen-bond acceptors (Lipinski definition) is 13. The highest BCUT2D eigenvalue weighted by Gasteiger charge is 2.56. The van der Waals surface area contributed by atoms with Gasteiger partial charge in [0, 0.05) is 0 Å². The first-order chi connectivity index (χ1) is 17.4. The standard InChI is InChI=1S/C20H25N9O7/c1-20(2)34-14-11(8-32-19(30)25-12-7-29(26-36-12)27-3-5-31-6-4-27)33-18(15(14)35-20)28-10-24-13-16(21)22-9-23-17(13)28/h7,9-11,14-15,18H,3-6,8H2,1-2H3,(H2-,21,22,23,25,26,30)/p+1/t11-,14-,15-,18-/m1/s1. The summed E-state index contributed by atoms with van der Waals surface area (Å²) in [5.41, 5.74) is 6.88. The first-order valence-electron chi connectivity index (χ1n) is 11.5. The lowest BCUT2D eigenvalue weighted by molar-refractivity contribution is -0.759. The summed E-state index contributed by atoms with van der Waals surface area (Å²) in [6.45, 7) is 6.03. The summed E-state index contributed by atoms with van der Waals surface area (Å²) in [5, 5.41) is 8.36. The number of fused-ring (bicyclic) bond motifs is 2. The molecule has 4 atom stereocenters. The van der Waals surface area contributed by atoms with Crippen LogP contribution in [0.3, 0.4) is 0 Å². The van der Waals surface area contributed by atoms with Crippen molar-refractivity contribution in [3.05, 3.63) is 18.9 Å². The van der Waals surface area contributed by atoms with Gasteiger partial charge in [-0.1, -0.05) is 0 Å². The second kappa shape index (κ2) is 8.81. The molecule has 3 aliphatic heterocycles. The molecule has 0 bridgehead atoms. The summed E-state index contributed by atoms with van der Waals surface area (Å²) in [4.78, 5) is 26.5. The van der Waals surface area contributed by atoms with Gasteiger partial charge >= 0.3 is 12.0 Å². The van der Waals surface area contributed by atoms with Gasteiger partial charge in [-0.25, -0.2) is 19.7 Å². The minimum atomic E-state index is -0.852. The number of nitrogens with one attached hydrogen (secondary N) is 1. The van der Waals surface area contributed by atoms with Gasteiger partial charge in [-0.3, -0.25) is 14.4 Å². The zero-order valence-corrected chi connectivity index (χ0v) is 19.6. The van der Waals surface area contributed by atoms with Crippen LogP contribution in [0.25, 0.3) is 11.2 Å². The minimum absolute atomic E-state index is 0.0930. The van der Waals surface area contributed by atoms with Crippen molar-refractivity contribution in [2.24, 2.45) is 0 Å². The fourth-order valence-corrected chi connectivity index (χ4v) is 4.55. The lowest BCUT2D eigenvalue weighted by Gasteiger charge is -2.24. The number of morpholine rings is 1. The molecule has 6 rings (SSSR count). The van der Waals surface area contributed by atoms with Crippen LogP contribution in [0.4, 0.5) is 16.5 Å². The van der Waals surface area contributed by atoms with Gasteiger partial charge in [0.05, 0.1) is 37.4 Å². The highest BCUT2D eigenvalue weighted by molar-refractivity contribution is 5.82. The number of nitrogens with zero attached hydrogens (tertiary/aromatic N) is 7. The molecular formula is C20H26N9O7+. The first kappa shape index (κ1) is 22.8. The highest BCUT2D eigenvalue weighted by atomic mass is 16.8. The van der Waals surface area contributed by atoms with Crippen LogP contribution in [0.5, 0.6) is 0 Å². The summed E-state index contributed by atoms with van der Waals surface area (Å²) in [6, 6.07) is 0. The van der Waals surface area contributed by atoms with E-state index in [9.17, 15) is 4.79 Å². The van der Waals surface area contributed by atoms with Crippen molar-refractivity contribution in [3.8, 4) is 0 Å². The number of aromatic nitrogens is 6. The molecule has 3 saturated heterocycles. The van der Waals surface area contributed by atoms with Crippen LogP contribution in [0, 0.1) is 0 Å². The Morgan fingerprint density at radius 2 is 2.06 bits per heavy atom. The third kappa shape index (κ3) is 4.17. The number of imidazole rings is 1. The van der Waals surface area contributed by atoms with Gasteiger partial charge in [0.25, 0.3) is 6.20 Å². The van der Waals surface area contributed by atoms with E-state index in [4.69, 9.17) is 33.9 Å². The van der Waals surface area contributed by atoms with E-state index in [0.29, 0.717) is 37.5 Å². The Morgan fingerprint density at radius 3 is 2.89 bits per heavy atom. The third-order valence-corrected chi connectivity index (χ3v) is 6.12. The van der Waals surface area contributed by atoms with Crippen molar-refractivity contribution in [1.82, 2.24) is 24.8 Å². The molecule has 0 aromatic carbocycles. The average molecular weight is 504 g/mol. The van der Waals surface area contributed by atoms with Crippen molar-refractivity contribution >= 4 is 29.0 Å². The van der Waals surface area contributed by atoms with Gasteiger partial charge in [-0.2, -0.15) is 0 Å². The van der Waals surface area contributed by atoms with Gasteiger partial charge in [0.15, 0.2) is 23.5 Å². The quantitative estimate of drug-likeness (QED) is 0.418. The zero-order valence-electron chi connectivity index (χ0n) is 19.6. The molecule has 0 aliphatic carbocycles. The van der Waals surface area contributed by atoms with Crippen LogP contribution in [0.2, 0.25) is 0 Å². The van der Waals surface area contributed by atoms with Crippen LogP contribution in [0.1, 0.15) is 20.1 Å². The molecule has 3 aromatic heterocycles. The Balaban J connectivity index is 1.13. The van der Waals surface area contributed by atoms with Gasteiger partial charge in [-0.15, -0.1) is 5.01 Å². The Kier molecular flexibility index (Phi) is 5.59. The highest BCUT2D eigenvalue weighted by Crippen LogP contribution is 2.43. The lowest BCUT2D eigenvalue weighted by Crippen LogP contribution is -2.62. The Bertz CT molecular complexity index is 1260. The van der Waals surface area contributed by atoms with Crippen molar-refractivity contribution in [2.45, 2.75) is 44.2 Å². The SMILES string of the molecule is CC1(C)O[C@@H]2[C@H](O1)[C@@H](COC(=O)Nc1c[n+](N3CCOCC3)no1)O[C@H]2n1cnc2c(N)ncnc21. The van der Waals surface area contributed by atoms with Crippen molar-refractivity contribution in [1.29, 1.82) is 0 Å². The molecule has 0 saturated carbocycles. The molecule has 0 spiro atoms. The van der Waals surface area contributed by atoms with Crippen LogP contribution in [-0.2, 0) is 23.7 Å². The number of rotatable bonds is 5. The van der Waals surface area contributed by atoms with Crippen LogP contribution >= 0.6 is 0 Å². The molecule has 192 valence electrons. The maximum atomic E-state index is 12.5. The second-order valence-electron chi connectivity index (χ2n) is 8.99. The van der Waals surface area contributed by atoms with E-state index in [1.165, 1.54) is 11.1 Å². The molecule has 0 radical (unpaired) electrons. The molecule has 3 aliphatic rings. The fourth-order valence-electron chi connectivity index (χ4n) is 4.55. The summed E-state index contributed by atoms with van der Waals surface area (Å²) >= 11 is 0. The van der Waals surface area contributed by atoms with Gasteiger partial charge in [-0.05, 0) is 13.8 Å². The summed E-state index contributed by atoms with van der Waals surface area (Å²) in [7, 11) is 0. The van der Waals surface area contributed by atoms with Crippen molar-refractivity contribution in [3.63, 3.8) is 0 Å². The summed E-state index contributed by atoms with van der Waals surface area (Å²) < 4.78 is 36.0. The monoisotopic (exact) mass is 504 g/mol. The predicted molar refractivity (Wildman–Crippen MR) is 118 cm³/mol. The molecule has 36 heavy (non-hydrogen) atoms. The van der Waals surface area contributed by atoms with Crippen LogP contribution in [0.15, 0.2) is 23.4 Å². The number of amides is 1. The van der Waals surface area contributed by atoms with E-state index < -0.39 is 36.4 Å². The lowest BCUT2D eigenvalue weighted by atomic mass is 10.1. The van der Waals surface area contributed by atoms with E-state index in [-0.39, 0.29) is 18.3 Å². The van der Waals surface area contributed by atoms with Gasteiger partial charge in [0.2, 0.25) is 5.27 Å². The third-order valence-electron chi connectivity index (χ3n) is 6.12. The van der Waals surface area contributed by atoms with E-state index in [2.05, 4.69) is 25.5 Å². The number of carbonyl (C=O) groups is 1. The molecular weight excluding hydrogens is 478 g/mol. The molecule has 6 heterocycles. The molecule has 1 amide bonds. The van der Waals surface area contributed by atoms with Crippen LogP contribution < -0.4 is 20.9 Å². The van der Waals surface area contributed by atoms with Gasteiger partial charge in [0.1, 0.15) is 36.8 Å². The molecule has 16 heteroatoms. The van der Waals surface area contributed by atoms with E-state index in [0.717, 1.165) is 0 Å². The van der Waals surface area contributed by atoms with E-state index >= 15 is 0 Å². The fraction of sp³-hybridized carbons (Fsp3) is 0.600. The average Bonchev–Trinajstić information content (AvgIpc) is 3.62. The maximum absolute atomic E-state index is 12.5. The molecule has 3 aromatic rings. The molecule has 3 fully saturated rings. The zero-order chi connectivity index (χ0) is 24.9. The summed E-state index contributed by atoms with van der Waals surface area (Å²) in [6.07, 6.45) is 1.52. The molecule has 16 nitrogen and oxygen atoms in total. The number of hydrogen-bond donors (Lipinski definition) is 2. The normalized spacial score (nSPS) is 27.3. The number of nitrogens with two attached hydrogens (primary N) is 1.